The van der Waals surface area contributed by atoms with Crippen LogP contribution in [0, 0.1) is 0 Å². The van der Waals surface area contributed by atoms with Crippen molar-refractivity contribution >= 4 is 46.4 Å². The molecule has 9 heteroatoms. The van der Waals surface area contributed by atoms with Crippen molar-refractivity contribution in [2.24, 2.45) is 0 Å². The fourth-order valence-electron chi connectivity index (χ4n) is 1.26. The molecule has 0 aliphatic carbocycles. The monoisotopic (exact) mass is 346 g/mol. The third-order valence-electron chi connectivity index (χ3n) is 2.06. The number of carbonyl (C=O) groups excluding carboxylic acids is 2. The largest absolute Gasteiger partial charge is 0.511 e. The zero-order valence-corrected chi connectivity index (χ0v) is 14.3. The summed E-state index contributed by atoms with van der Waals surface area (Å²) in [6.07, 6.45) is 0. The molecule has 1 aromatic rings. The van der Waals surface area contributed by atoms with Gasteiger partial charge in [-0.25, -0.2) is 0 Å². The molecule has 0 radical (unpaired) electrons. The van der Waals surface area contributed by atoms with E-state index in [2.05, 4.69) is 10.2 Å². The molecule has 0 atom stereocenters. The normalized spacial score (nSPS) is 13.5. The molecule has 21 heavy (non-hydrogen) atoms. The minimum atomic E-state index is -0.264. The van der Waals surface area contributed by atoms with Gasteiger partial charge in [0.1, 0.15) is 11.5 Å². The molecule has 0 aliphatic heterocycles. The maximum atomic E-state index is 11.4. The van der Waals surface area contributed by atoms with E-state index >= 15 is 0 Å². The molecule has 0 amide bonds. The zero-order valence-electron chi connectivity index (χ0n) is 11.8. The molecule has 0 aromatic carbocycles. The topological polar surface area (TPSA) is 100 Å². The van der Waals surface area contributed by atoms with Crippen molar-refractivity contribution in [3.63, 3.8) is 0 Å². The van der Waals surface area contributed by atoms with Crippen LogP contribution in [-0.2, 0) is 9.59 Å². The lowest BCUT2D eigenvalue weighted by Crippen LogP contribution is -1.95. The van der Waals surface area contributed by atoms with Crippen LogP contribution in [0.3, 0.4) is 0 Å². The van der Waals surface area contributed by atoms with E-state index < -0.39 is 0 Å². The number of ketones is 2. The first-order valence-electron chi connectivity index (χ1n) is 5.73. The van der Waals surface area contributed by atoms with Crippen molar-refractivity contribution in [3.05, 3.63) is 21.3 Å². The van der Waals surface area contributed by atoms with Gasteiger partial charge in [-0.2, -0.15) is 0 Å². The van der Waals surface area contributed by atoms with Crippen molar-refractivity contribution in [3.8, 4) is 0 Å². The Bertz CT molecular complexity index is 574. The lowest BCUT2D eigenvalue weighted by atomic mass is 10.4. The quantitative estimate of drug-likeness (QED) is 0.459. The number of Topliss-reactive ketones (excluding diaryl/α,β-unsaturated/α-hetero) is 2. The molecule has 0 unspecified atom stereocenters. The predicted octanol–water partition coefficient (Wildman–Crippen LogP) is 3.48. The van der Waals surface area contributed by atoms with Crippen molar-refractivity contribution < 1.29 is 19.8 Å². The van der Waals surface area contributed by atoms with E-state index in [0.29, 0.717) is 8.68 Å². The van der Waals surface area contributed by atoms with Gasteiger partial charge in [0.2, 0.25) is 0 Å². The first-order valence-corrected chi connectivity index (χ1v) is 8.18. The fraction of sp³-hybridized carbons (Fsp3) is 0.333. The Balaban J connectivity index is 2.93. The summed E-state index contributed by atoms with van der Waals surface area (Å²) in [5.41, 5.74) is 0. The second-order valence-corrected chi connectivity index (χ2v) is 7.47. The van der Waals surface area contributed by atoms with Crippen LogP contribution in [0.15, 0.2) is 30.0 Å². The summed E-state index contributed by atoms with van der Waals surface area (Å²) in [7, 11) is 0. The molecular weight excluding hydrogens is 332 g/mol. The van der Waals surface area contributed by atoms with Gasteiger partial charge in [-0.15, -0.1) is 10.2 Å². The summed E-state index contributed by atoms with van der Waals surface area (Å²) < 4.78 is 0.934. The van der Waals surface area contributed by atoms with Gasteiger partial charge in [0, 0.05) is 0 Å². The number of hydrogen-bond acceptors (Lipinski definition) is 9. The van der Waals surface area contributed by atoms with Crippen LogP contribution in [0.4, 0.5) is 0 Å². The van der Waals surface area contributed by atoms with E-state index in [1.807, 2.05) is 0 Å². The number of aromatic nitrogens is 2. The number of hydrogen-bond donors (Lipinski definition) is 2. The van der Waals surface area contributed by atoms with Crippen LogP contribution in [0.25, 0.3) is 0 Å². The molecule has 0 bridgehead atoms. The summed E-state index contributed by atoms with van der Waals surface area (Å²) in [5, 5.41) is 26.7. The molecule has 0 saturated carbocycles. The number of carbonyl (C=O) groups is 2. The van der Waals surface area contributed by atoms with Crippen LogP contribution in [0.1, 0.15) is 27.7 Å². The molecular formula is C12H14N2O4S3. The number of allylic oxidation sites excluding steroid dienone is 4. The molecule has 2 N–H and O–H groups in total. The van der Waals surface area contributed by atoms with Crippen LogP contribution in [0.5, 0.6) is 0 Å². The molecule has 0 aliphatic rings. The van der Waals surface area contributed by atoms with Crippen molar-refractivity contribution in [2.75, 3.05) is 0 Å². The van der Waals surface area contributed by atoms with Gasteiger partial charge >= 0.3 is 0 Å². The maximum absolute atomic E-state index is 11.4. The number of rotatable bonds is 6. The predicted molar refractivity (Wildman–Crippen MR) is 83.6 cm³/mol. The highest BCUT2D eigenvalue weighted by Gasteiger charge is 2.17. The molecule has 6 nitrogen and oxygen atoms in total. The average Bonchev–Trinajstić information content (AvgIpc) is 2.79. The highest BCUT2D eigenvalue weighted by molar-refractivity contribution is 8.07. The van der Waals surface area contributed by atoms with E-state index in [4.69, 9.17) is 0 Å². The first kappa shape index (κ1) is 17.7. The Labute approximate surface area is 134 Å². The summed E-state index contributed by atoms with van der Waals surface area (Å²) in [4.78, 5) is 23.2. The Kier molecular flexibility index (Phi) is 6.43. The summed E-state index contributed by atoms with van der Waals surface area (Å²) in [6.45, 7) is 5.55. The Morgan fingerprint density at radius 3 is 1.43 bits per heavy atom. The average molecular weight is 346 g/mol. The second-order valence-electron chi connectivity index (χ2n) is 3.98. The number of thioether (sulfide) groups is 2. The molecule has 0 spiro atoms. The number of aliphatic hydroxyl groups excluding tert-OH is 2. The van der Waals surface area contributed by atoms with Crippen molar-refractivity contribution in [1.82, 2.24) is 10.2 Å². The van der Waals surface area contributed by atoms with Crippen molar-refractivity contribution in [2.45, 2.75) is 36.4 Å². The molecule has 1 heterocycles. The Hall–Kier alpha value is -1.32. The first-order chi connectivity index (χ1) is 9.72. The smallest absolute Gasteiger partial charge is 0.180 e. The molecule has 114 valence electrons. The van der Waals surface area contributed by atoms with Gasteiger partial charge in [0.25, 0.3) is 0 Å². The highest BCUT2D eigenvalue weighted by Crippen LogP contribution is 2.37. The number of nitrogens with zero attached hydrogens (tertiary/aromatic N) is 2. The van der Waals surface area contributed by atoms with Gasteiger partial charge in [-0.3, -0.25) is 9.59 Å². The number of aliphatic hydroxyl groups is 2. The van der Waals surface area contributed by atoms with E-state index in [-0.39, 0.29) is 32.9 Å². The molecule has 1 aromatic heterocycles. The van der Waals surface area contributed by atoms with Gasteiger partial charge in [-0.1, -0.05) is 11.3 Å². The van der Waals surface area contributed by atoms with Crippen LogP contribution in [0.2, 0.25) is 0 Å². The van der Waals surface area contributed by atoms with Gasteiger partial charge < -0.3 is 10.2 Å². The van der Waals surface area contributed by atoms with Gasteiger partial charge in [0.05, 0.1) is 9.81 Å². The minimum Gasteiger partial charge on any atom is -0.511 e. The van der Waals surface area contributed by atoms with Crippen LogP contribution >= 0.6 is 34.9 Å². The maximum Gasteiger partial charge on any atom is 0.180 e. The SMILES string of the molecule is CC(=O)C(Sc1nnc(S/C(C(C)=O)=C(\C)O)s1)=C(C)O. The summed E-state index contributed by atoms with van der Waals surface area (Å²) in [6, 6.07) is 0. The Morgan fingerprint density at radius 2 is 1.19 bits per heavy atom. The van der Waals surface area contributed by atoms with Crippen molar-refractivity contribution in [1.29, 1.82) is 0 Å². The van der Waals surface area contributed by atoms with Crippen LogP contribution < -0.4 is 0 Å². The van der Waals surface area contributed by atoms with E-state index in [0.717, 1.165) is 23.5 Å². The molecule has 0 saturated heterocycles. The Morgan fingerprint density at radius 1 is 0.857 bits per heavy atom. The standard InChI is InChI=1S/C12H14N2O4S3/c1-5(15)9(6(2)16)19-11-13-14-12(21-11)20-10(7(3)17)8(4)18/h15,17H,1-4H3/b9-5+,10-7?. The third kappa shape index (κ3) is 5.18. The zero-order chi connectivity index (χ0) is 16.2. The van der Waals surface area contributed by atoms with E-state index in [1.165, 1.54) is 39.0 Å². The van der Waals surface area contributed by atoms with Crippen LogP contribution in [-0.4, -0.2) is 32.0 Å². The van der Waals surface area contributed by atoms with Gasteiger partial charge in [0.15, 0.2) is 20.2 Å². The van der Waals surface area contributed by atoms with E-state index in [9.17, 15) is 19.8 Å². The fourth-order valence-corrected chi connectivity index (χ4v) is 4.13. The second kappa shape index (κ2) is 7.62. The lowest BCUT2D eigenvalue weighted by molar-refractivity contribution is -0.114. The highest BCUT2D eigenvalue weighted by atomic mass is 32.2. The summed E-state index contributed by atoms with van der Waals surface area (Å²) in [5.74, 6) is -0.681. The lowest BCUT2D eigenvalue weighted by Gasteiger charge is -2.01. The minimum absolute atomic E-state index is 0.0765. The molecule has 0 fully saturated rings. The molecule has 1 rings (SSSR count). The van der Waals surface area contributed by atoms with E-state index in [1.54, 1.807) is 0 Å². The summed E-state index contributed by atoms with van der Waals surface area (Å²) >= 11 is 3.20. The van der Waals surface area contributed by atoms with Gasteiger partial charge in [-0.05, 0) is 51.2 Å². The third-order valence-corrected chi connectivity index (χ3v) is 5.66.